The van der Waals surface area contributed by atoms with Crippen LogP contribution in [0.3, 0.4) is 0 Å². The summed E-state index contributed by atoms with van der Waals surface area (Å²) in [6.45, 7) is 9.73. The van der Waals surface area contributed by atoms with Crippen molar-refractivity contribution in [2.75, 3.05) is 29.9 Å². The van der Waals surface area contributed by atoms with E-state index < -0.39 is 0 Å². The molecule has 0 aliphatic heterocycles. The Bertz CT molecular complexity index is 415. The van der Waals surface area contributed by atoms with Crippen LogP contribution in [0.2, 0.25) is 0 Å². The van der Waals surface area contributed by atoms with Crippen LogP contribution in [-0.4, -0.2) is 29.6 Å². The molecule has 2 rings (SSSR count). The molecule has 1 saturated carbocycles. The molecule has 1 aromatic rings. The first kappa shape index (κ1) is 15.1. The summed E-state index contributed by atoms with van der Waals surface area (Å²) in [7, 11) is 0. The molecule has 1 fully saturated rings. The van der Waals surface area contributed by atoms with Crippen molar-refractivity contribution < 1.29 is 0 Å². The third-order valence-electron chi connectivity index (χ3n) is 4.20. The van der Waals surface area contributed by atoms with Gasteiger partial charge in [0.05, 0.1) is 0 Å². The van der Waals surface area contributed by atoms with Gasteiger partial charge in [0.2, 0.25) is 0 Å². The molecule has 1 aliphatic carbocycles. The lowest BCUT2D eigenvalue weighted by Crippen LogP contribution is -2.34. The predicted octanol–water partition coefficient (Wildman–Crippen LogP) is 3.49. The molecule has 1 N–H and O–H groups in total. The van der Waals surface area contributed by atoms with Gasteiger partial charge in [-0.15, -0.1) is 0 Å². The Balaban J connectivity index is 2.18. The van der Waals surface area contributed by atoms with Crippen molar-refractivity contribution in [1.29, 1.82) is 0 Å². The molecule has 0 unspecified atom stereocenters. The van der Waals surface area contributed by atoms with E-state index in [2.05, 4.69) is 41.0 Å². The van der Waals surface area contributed by atoms with E-state index in [1.807, 2.05) is 0 Å². The number of rotatable bonds is 8. The lowest BCUT2D eigenvalue weighted by molar-refractivity contribution is 0.318. The van der Waals surface area contributed by atoms with Crippen molar-refractivity contribution in [3.8, 4) is 0 Å². The van der Waals surface area contributed by atoms with E-state index in [0.29, 0.717) is 0 Å². The Morgan fingerprint density at radius 3 is 2.60 bits per heavy atom. The van der Waals surface area contributed by atoms with Crippen LogP contribution in [0.4, 0.5) is 11.6 Å². The lowest BCUT2D eigenvalue weighted by Gasteiger charge is -2.33. The number of nitrogens with zero attached hydrogens (tertiary/aromatic N) is 3. The summed E-state index contributed by atoms with van der Waals surface area (Å²) < 4.78 is 0. The molecule has 1 aliphatic rings. The molecule has 112 valence electrons. The van der Waals surface area contributed by atoms with Gasteiger partial charge < -0.3 is 10.2 Å². The highest BCUT2D eigenvalue weighted by Crippen LogP contribution is 2.30. The highest BCUT2D eigenvalue weighted by molar-refractivity contribution is 5.58. The zero-order chi connectivity index (χ0) is 14.4. The third kappa shape index (κ3) is 3.41. The van der Waals surface area contributed by atoms with Gasteiger partial charge in [0.25, 0.3) is 0 Å². The third-order valence-corrected chi connectivity index (χ3v) is 4.20. The number of nitrogens with one attached hydrogen (secondary N) is 1. The first-order valence-corrected chi connectivity index (χ1v) is 8.12. The van der Waals surface area contributed by atoms with Gasteiger partial charge in [-0.1, -0.05) is 20.3 Å². The van der Waals surface area contributed by atoms with Crippen LogP contribution in [0.1, 0.15) is 52.0 Å². The molecule has 0 atom stereocenters. The van der Waals surface area contributed by atoms with Crippen LogP contribution in [0.25, 0.3) is 0 Å². The van der Waals surface area contributed by atoms with E-state index in [1.165, 1.54) is 24.8 Å². The molecular weight excluding hydrogens is 248 g/mol. The Morgan fingerprint density at radius 2 is 2.05 bits per heavy atom. The molecule has 4 heteroatoms. The number of hydrogen-bond acceptors (Lipinski definition) is 4. The maximum atomic E-state index is 4.58. The second-order valence-electron chi connectivity index (χ2n) is 5.64. The van der Waals surface area contributed by atoms with Crippen molar-refractivity contribution in [2.45, 2.75) is 52.9 Å². The van der Waals surface area contributed by atoms with Crippen LogP contribution in [-0.2, 0) is 6.42 Å². The van der Waals surface area contributed by atoms with E-state index in [1.54, 1.807) is 6.33 Å². The summed E-state index contributed by atoms with van der Waals surface area (Å²) in [5, 5.41) is 3.44. The first-order valence-electron chi connectivity index (χ1n) is 8.12. The minimum atomic E-state index is 0.863. The number of aromatic nitrogens is 2. The summed E-state index contributed by atoms with van der Waals surface area (Å²) in [6, 6.07) is 0. The van der Waals surface area contributed by atoms with E-state index in [0.717, 1.165) is 50.0 Å². The minimum Gasteiger partial charge on any atom is -0.370 e. The number of anilines is 2. The molecule has 20 heavy (non-hydrogen) atoms. The lowest BCUT2D eigenvalue weighted by atomic mass is 9.85. The van der Waals surface area contributed by atoms with Gasteiger partial charge in [-0.25, -0.2) is 9.97 Å². The van der Waals surface area contributed by atoms with Gasteiger partial charge in [0, 0.05) is 25.2 Å². The van der Waals surface area contributed by atoms with E-state index in [9.17, 15) is 0 Å². The molecule has 1 aromatic heterocycles. The molecular formula is C16H28N4. The van der Waals surface area contributed by atoms with Crippen LogP contribution in [0.15, 0.2) is 6.33 Å². The van der Waals surface area contributed by atoms with Gasteiger partial charge >= 0.3 is 0 Å². The average Bonchev–Trinajstić information content (AvgIpc) is 2.44. The topological polar surface area (TPSA) is 41.1 Å². The van der Waals surface area contributed by atoms with Crippen molar-refractivity contribution in [1.82, 2.24) is 9.97 Å². The standard InChI is InChI=1S/C16H28N4/c1-4-10-17-15-14(5-2)16(19-12-18-15)20(6-3)11-13-8-7-9-13/h12-13H,4-11H2,1-3H3,(H,17,18,19). The van der Waals surface area contributed by atoms with Crippen molar-refractivity contribution in [3.63, 3.8) is 0 Å². The van der Waals surface area contributed by atoms with Crippen molar-refractivity contribution >= 4 is 11.6 Å². The fourth-order valence-corrected chi connectivity index (χ4v) is 2.75. The Labute approximate surface area is 123 Å². The fraction of sp³-hybridized carbons (Fsp3) is 0.750. The molecule has 1 heterocycles. The monoisotopic (exact) mass is 276 g/mol. The Morgan fingerprint density at radius 1 is 1.25 bits per heavy atom. The average molecular weight is 276 g/mol. The highest BCUT2D eigenvalue weighted by atomic mass is 15.2. The second kappa shape index (κ2) is 7.46. The maximum absolute atomic E-state index is 4.58. The summed E-state index contributed by atoms with van der Waals surface area (Å²) in [5.41, 5.74) is 1.27. The summed E-state index contributed by atoms with van der Waals surface area (Å²) >= 11 is 0. The Kier molecular flexibility index (Phi) is 5.62. The van der Waals surface area contributed by atoms with Crippen LogP contribution in [0.5, 0.6) is 0 Å². The molecule has 0 radical (unpaired) electrons. The summed E-state index contributed by atoms with van der Waals surface area (Å²) in [6.07, 6.45) is 7.95. The van der Waals surface area contributed by atoms with Gasteiger partial charge in [0.1, 0.15) is 18.0 Å². The van der Waals surface area contributed by atoms with Gasteiger partial charge in [-0.2, -0.15) is 0 Å². The Hall–Kier alpha value is -1.32. The molecule has 0 amide bonds. The molecule has 0 bridgehead atoms. The van der Waals surface area contributed by atoms with E-state index >= 15 is 0 Å². The first-order chi connectivity index (χ1) is 9.80. The largest absolute Gasteiger partial charge is 0.370 e. The van der Waals surface area contributed by atoms with E-state index in [4.69, 9.17) is 0 Å². The molecule has 0 saturated heterocycles. The van der Waals surface area contributed by atoms with E-state index in [-0.39, 0.29) is 0 Å². The van der Waals surface area contributed by atoms with Crippen LogP contribution in [0, 0.1) is 5.92 Å². The van der Waals surface area contributed by atoms with Crippen molar-refractivity contribution in [3.05, 3.63) is 11.9 Å². The SMILES string of the molecule is CCCNc1ncnc(N(CC)CC2CCC2)c1CC. The highest BCUT2D eigenvalue weighted by Gasteiger charge is 2.22. The second-order valence-corrected chi connectivity index (χ2v) is 5.64. The van der Waals surface area contributed by atoms with Crippen molar-refractivity contribution in [2.24, 2.45) is 5.92 Å². The van der Waals surface area contributed by atoms with Gasteiger partial charge in [-0.3, -0.25) is 0 Å². The zero-order valence-electron chi connectivity index (χ0n) is 13.2. The predicted molar refractivity (Wildman–Crippen MR) is 85.4 cm³/mol. The molecule has 0 spiro atoms. The van der Waals surface area contributed by atoms with Gasteiger partial charge in [0.15, 0.2) is 0 Å². The summed E-state index contributed by atoms with van der Waals surface area (Å²) in [5.74, 6) is 3.02. The smallest absolute Gasteiger partial charge is 0.137 e. The minimum absolute atomic E-state index is 0.863. The molecule has 0 aromatic carbocycles. The van der Waals surface area contributed by atoms with Crippen LogP contribution < -0.4 is 10.2 Å². The van der Waals surface area contributed by atoms with Gasteiger partial charge in [-0.05, 0) is 38.5 Å². The van der Waals surface area contributed by atoms with Crippen LogP contribution >= 0.6 is 0 Å². The zero-order valence-corrected chi connectivity index (χ0v) is 13.2. The maximum Gasteiger partial charge on any atom is 0.137 e. The normalized spacial score (nSPS) is 14.9. The molecule has 4 nitrogen and oxygen atoms in total. The summed E-state index contributed by atoms with van der Waals surface area (Å²) in [4.78, 5) is 11.4. The fourth-order valence-electron chi connectivity index (χ4n) is 2.75. The number of hydrogen-bond donors (Lipinski definition) is 1. The quantitative estimate of drug-likeness (QED) is 0.789.